The maximum Gasteiger partial charge on any atom is 0.318 e. The lowest BCUT2D eigenvalue weighted by Crippen LogP contribution is -2.15. The number of nitrogens with zero attached hydrogens (tertiary/aromatic N) is 2. The summed E-state index contributed by atoms with van der Waals surface area (Å²) in [5, 5.41) is 1.81. The number of esters is 1. The first-order valence-corrected chi connectivity index (χ1v) is 8.79. The molecule has 0 saturated carbocycles. The van der Waals surface area contributed by atoms with Gasteiger partial charge in [0.15, 0.2) is 0 Å². The van der Waals surface area contributed by atoms with Crippen molar-refractivity contribution in [2.75, 3.05) is 7.11 Å². The average Bonchev–Trinajstić information content (AvgIpc) is 2.84. The molecule has 0 fully saturated rings. The standard InChI is InChI=1S/C15H18N2O2S2/c1-8-4-5-10-11(6-8)21-14-12(10)13(16-7-17-14)20-9(2)15(18)19-3/h7-9H,4-6H2,1-3H3. The first-order chi connectivity index (χ1) is 10.1. The molecule has 2 heterocycles. The third-order valence-electron chi connectivity index (χ3n) is 3.88. The van der Waals surface area contributed by atoms with Gasteiger partial charge in [0.2, 0.25) is 0 Å². The number of thioether (sulfide) groups is 1. The molecular weight excluding hydrogens is 304 g/mol. The highest BCUT2D eigenvalue weighted by molar-refractivity contribution is 8.00. The van der Waals surface area contributed by atoms with Crippen LogP contribution in [0.1, 0.15) is 30.7 Å². The van der Waals surface area contributed by atoms with Crippen LogP contribution in [0.25, 0.3) is 10.2 Å². The number of rotatable bonds is 3. The molecule has 0 bridgehead atoms. The van der Waals surface area contributed by atoms with Crippen molar-refractivity contribution >= 4 is 39.3 Å². The van der Waals surface area contributed by atoms with E-state index in [0.29, 0.717) is 0 Å². The molecule has 1 aliphatic carbocycles. The molecule has 112 valence electrons. The van der Waals surface area contributed by atoms with Crippen LogP contribution in [-0.2, 0) is 22.4 Å². The molecule has 21 heavy (non-hydrogen) atoms. The van der Waals surface area contributed by atoms with E-state index in [2.05, 4.69) is 16.9 Å². The maximum atomic E-state index is 11.6. The smallest absolute Gasteiger partial charge is 0.318 e. The van der Waals surface area contributed by atoms with Gasteiger partial charge < -0.3 is 4.74 Å². The molecule has 0 amide bonds. The SMILES string of the molecule is COC(=O)C(C)Sc1ncnc2sc3c(c12)CCC(C)C3. The molecule has 0 saturated heterocycles. The number of thiophene rings is 1. The quantitative estimate of drug-likeness (QED) is 0.492. The van der Waals surface area contributed by atoms with Gasteiger partial charge in [0, 0.05) is 10.3 Å². The van der Waals surface area contributed by atoms with E-state index in [1.807, 2.05) is 6.92 Å². The summed E-state index contributed by atoms with van der Waals surface area (Å²) in [6, 6.07) is 0. The first-order valence-electron chi connectivity index (χ1n) is 7.10. The largest absolute Gasteiger partial charge is 0.468 e. The maximum absolute atomic E-state index is 11.6. The molecule has 1 aliphatic rings. The zero-order valence-electron chi connectivity index (χ0n) is 12.4. The number of ether oxygens (including phenoxy) is 1. The van der Waals surface area contributed by atoms with Gasteiger partial charge >= 0.3 is 5.97 Å². The van der Waals surface area contributed by atoms with Gasteiger partial charge in [0.25, 0.3) is 0 Å². The zero-order chi connectivity index (χ0) is 15.0. The van der Waals surface area contributed by atoms with Crippen LogP contribution in [0.3, 0.4) is 0 Å². The second-order valence-electron chi connectivity index (χ2n) is 5.49. The molecule has 2 aromatic rings. The number of aryl methyl sites for hydroxylation is 1. The van der Waals surface area contributed by atoms with Crippen molar-refractivity contribution in [3.05, 3.63) is 16.8 Å². The molecule has 0 radical (unpaired) electrons. The zero-order valence-corrected chi connectivity index (χ0v) is 14.0. The van der Waals surface area contributed by atoms with Crippen LogP contribution in [0.15, 0.2) is 11.4 Å². The highest BCUT2D eigenvalue weighted by Crippen LogP contribution is 2.41. The normalized spacial score (nSPS) is 19.3. The lowest BCUT2D eigenvalue weighted by Gasteiger charge is -2.18. The highest BCUT2D eigenvalue weighted by Gasteiger charge is 2.25. The number of carbonyl (C=O) groups excluding carboxylic acids is 1. The van der Waals surface area contributed by atoms with Gasteiger partial charge in [-0.3, -0.25) is 4.79 Å². The Morgan fingerprint density at radius 2 is 2.33 bits per heavy atom. The second-order valence-corrected chi connectivity index (χ2v) is 7.91. The van der Waals surface area contributed by atoms with Crippen molar-refractivity contribution in [2.45, 2.75) is 43.4 Å². The Balaban J connectivity index is 2.01. The molecule has 2 atom stereocenters. The molecule has 0 spiro atoms. The Bertz CT molecular complexity index is 684. The fourth-order valence-electron chi connectivity index (χ4n) is 2.72. The molecule has 0 aliphatic heterocycles. The van der Waals surface area contributed by atoms with Gasteiger partial charge in [-0.1, -0.05) is 18.7 Å². The third-order valence-corrected chi connectivity index (χ3v) is 6.12. The predicted molar refractivity (Wildman–Crippen MR) is 85.9 cm³/mol. The van der Waals surface area contributed by atoms with E-state index in [1.165, 1.54) is 35.7 Å². The van der Waals surface area contributed by atoms with E-state index in [0.717, 1.165) is 34.0 Å². The Morgan fingerprint density at radius 1 is 1.52 bits per heavy atom. The molecule has 2 unspecified atom stereocenters. The average molecular weight is 322 g/mol. The monoisotopic (exact) mass is 322 g/mol. The fourth-order valence-corrected chi connectivity index (χ4v) is 5.11. The van der Waals surface area contributed by atoms with Crippen LogP contribution in [0.2, 0.25) is 0 Å². The van der Waals surface area contributed by atoms with E-state index in [-0.39, 0.29) is 11.2 Å². The van der Waals surface area contributed by atoms with Crippen molar-refractivity contribution in [3.63, 3.8) is 0 Å². The van der Waals surface area contributed by atoms with Crippen LogP contribution in [-0.4, -0.2) is 28.3 Å². The lowest BCUT2D eigenvalue weighted by atomic mass is 9.89. The van der Waals surface area contributed by atoms with Crippen molar-refractivity contribution in [1.82, 2.24) is 9.97 Å². The van der Waals surface area contributed by atoms with Gasteiger partial charge in [0.1, 0.15) is 21.4 Å². The van der Waals surface area contributed by atoms with Crippen LogP contribution < -0.4 is 0 Å². The second kappa shape index (κ2) is 5.93. The first kappa shape index (κ1) is 14.8. The molecule has 2 aromatic heterocycles. The van der Waals surface area contributed by atoms with Gasteiger partial charge in [-0.05, 0) is 37.7 Å². The summed E-state index contributed by atoms with van der Waals surface area (Å²) >= 11 is 3.24. The minimum atomic E-state index is -0.258. The summed E-state index contributed by atoms with van der Waals surface area (Å²) < 4.78 is 4.80. The fraction of sp³-hybridized carbons (Fsp3) is 0.533. The summed E-state index contributed by atoms with van der Waals surface area (Å²) in [4.78, 5) is 23.0. The number of methoxy groups -OCH3 is 1. The number of fused-ring (bicyclic) bond motifs is 3. The van der Waals surface area contributed by atoms with E-state index < -0.39 is 0 Å². The van der Waals surface area contributed by atoms with Crippen LogP contribution in [0, 0.1) is 5.92 Å². The van der Waals surface area contributed by atoms with E-state index in [1.54, 1.807) is 17.7 Å². The molecule has 0 aromatic carbocycles. The summed E-state index contributed by atoms with van der Waals surface area (Å²) in [5.74, 6) is 0.521. The number of hydrogen-bond donors (Lipinski definition) is 0. The molecule has 4 nitrogen and oxygen atoms in total. The van der Waals surface area contributed by atoms with E-state index in [9.17, 15) is 4.79 Å². The Hall–Kier alpha value is -1.14. The Labute approximate surface area is 132 Å². The number of aromatic nitrogens is 2. The minimum Gasteiger partial charge on any atom is -0.468 e. The molecule has 0 N–H and O–H groups in total. The molecule has 3 rings (SSSR count). The third kappa shape index (κ3) is 2.79. The summed E-state index contributed by atoms with van der Waals surface area (Å²) in [6.07, 6.45) is 5.03. The lowest BCUT2D eigenvalue weighted by molar-refractivity contribution is -0.139. The van der Waals surface area contributed by atoms with Gasteiger partial charge in [-0.15, -0.1) is 11.3 Å². The number of carbonyl (C=O) groups is 1. The summed E-state index contributed by atoms with van der Waals surface area (Å²) in [6.45, 7) is 4.15. The van der Waals surface area contributed by atoms with Gasteiger partial charge in [0.05, 0.1) is 7.11 Å². The minimum absolute atomic E-state index is 0.218. The van der Waals surface area contributed by atoms with Crippen molar-refractivity contribution in [1.29, 1.82) is 0 Å². The van der Waals surface area contributed by atoms with Crippen molar-refractivity contribution in [2.24, 2.45) is 5.92 Å². The van der Waals surface area contributed by atoms with E-state index >= 15 is 0 Å². The van der Waals surface area contributed by atoms with Crippen LogP contribution in [0.4, 0.5) is 0 Å². The highest BCUT2D eigenvalue weighted by atomic mass is 32.2. The van der Waals surface area contributed by atoms with Gasteiger partial charge in [-0.2, -0.15) is 0 Å². The summed E-state index contributed by atoms with van der Waals surface area (Å²) in [5.41, 5.74) is 1.40. The van der Waals surface area contributed by atoms with E-state index in [4.69, 9.17) is 4.74 Å². The Kier molecular flexibility index (Phi) is 4.17. The van der Waals surface area contributed by atoms with Crippen molar-refractivity contribution in [3.8, 4) is 0 Å². The molecule has 6 heteroatoms. The molecular formula is C15H18N2O2S2. The van der Waals surface area contributed by atoms with Crippen LogP contribution in [0.5, 0.6) is 0 Å². The topological polar surface area (TPSA) is 52.1 Å². The van der Waals surface area contributed by atoms with Gasteiger partial charge in [-0.25, -0.2) is 9.97 Å². The summed E-state index contributed by atoms with van der Waals surface area (Å²) in [7, 11) is 1.42. The Morgan fingerprint density at radius 3 is 3.10 bits per heavy atom. The van der Waals surface area contributed by atoms with Crippen molar-refractivity contribution < 1.29 is 9.53 Å². The number of hydrogen-bond acceptors (Lipinski definition) is 6. The predicted octanol–water partition coefficient (Wildman–Crippen LogP) is 3.47. The van der Waals surface area contributed by atoms with Crippen LogP contribution >= 0.6 is 23.1 Å².